The van der Waals surface area contributed by atoms with Crippen molar-refractivity contribution in [3.63, 3.8) is 0 Å². The van der Waals surface area contributed by atoms with Crippen LogP contribution in [0.25, 0.3) is 0 Å². The molecule has 6 heteroatoms. The molecule has 1 aromatic carbocycles. The summed E-state index contributed by atoms with van der Waals surface area (Å²) in [5.74, 6) is -0.0805. The summed E-state index contributed by atoms with van der Waals surface area (Å²) in [6, 6.07) is 7.59. The van der Waals surface area contributed by atoms with Gasteiger partial charge in [0.25, 0.3) is 0 Å². The highest BCUT2D eigenvalue weighted by Crippen LogP contribution is 2.19. The molecule has 0 bridgehead atoms. The first-order valence-corrected chi connectivity index (χ1v) is 8.57. The number of nitrogens with one attached hydrogen (secondary N) is 1. The zero-order valence-corrected chi connectivity index (χ0v) is 15.1. The number of nitrogens with two attached hydrogens (primary N) is 1. The summed E-state index contributed by atoms with van der Waals surface area (Å²) in [6.07, 6.45) is 3.10. The Labute approximate surface area is 148 Å². The molecule has 0 saturated carbocycles. The van der Waals surface area contributed by atoms with E-state index in [-0.39, 0.29) is 10.4 Å². The number of hydrogen-bond acceptors (Lipinski definition) is 5. The molecule has 6 nitrogen and oxygen atoms in total. The van der Waals surface area contributed by atoms with Crippen LogP contribution in [-0.4, -0.2) is 42.3 Å². The van der Waals surface area contributed by atoms with Gasteiger partial charge in [-0.2, -0.15) is 0 Å². The van der Waals surface area contributed by atoms with E-state index in [4.69, 9.17) is 5.73 Å². The number of allylic oxidation sites excluding steroid dienone is 3. The number of nitrogens with zero attached hydrogens (tertiary/aromatic N) is 2. The van der Waals surface area contributed by atoms with Crippen molar-refractivity contribution in [3.8, 4) is 0 Å². The molecule has 1 aliphatic rings. The molecular weight excluding hydrogens is 316 g/mol. The van der Waals surface area contributed by atoms with Gasteiger partial charge < -0.3 is 20.9 Å². The fourth-order valence-electron chi connectivity index (χ4n) is 2.52. The van der Waals surface area contributed by atoms with Crippen molar-refractivity contribution in [3.05, 3.63) is 52.9 Å². The van der Waals surface area contributed by atoms with Gasteiger partial charge in [0.05, 0.1) is 43.3 Å². The third-order valence-corrected chi connectivity index (χ3v) is 4.44. The van der Waals surface area contributed by atoms with Crippen LogP contribution in [-0.2, 0) is 4.79 Å². The maximum Gasteiger partial charge on any atom is 0.183 e. The number of aliphatic imine (C=N–C) groups is 1. The molecule has 2 rings (SSSR count). The number of quaternary nitrogens is 1. The van der Waals surface area contributed by atoms with Gasteiger partial charge in [-0.1, -0.05) is 0 Å². The Bertz CT molecular complexity index is 713. The maximum absolute atomic E-state index is 12.2. The molecule has 0 aliphatic heterocycles. The number of ketones is 1. The Morgan fingerprint density at radius 2 is 1.80 bits per heavy atom. The van der Waals surface area contributed by atoms with Crippen LogP contribution in [0.3, 0.4) is 0 Å². The normalized spacial score (nSPS) is 16.6. The average Bonchev–Trinajstić information content (AvgIpc) is 2.61. The minimum atomic E-state index is -0.186. The molecule has 134 valence electrons. The minimum Gasteiger partial charge on any atom is -0.633 e. The zero-order valence-electron chi connectivity index (χ0n) is 15.1. The Morgan fingerprint density at radius 3 is 2.40 bits per heavy atom. The van der Waals surface area contributed by atoms with Crippen molar-refractivity contribution in [1.82, 2.24) is 0 Å². The van der Waals surface area contributed by atoms with Crippen molar-refractivity contribution in [2.75, 3.05) is 31.5 Å². The van der Waals surface area contributed by atoms with Crippen LogP contribution in [0.15, 0.2) is 52.7 Å². The SMILES string of the molecule is CC[N+]([O-])(CC)CCNc1ccc(N=C2C=C(C)C(=O)C=C2N)cc1. The average molecular weight is 342 g/mol. The van der Waals surface area contributed by atoms with E-state index < -0.39 is 0 Å². The van der Waals surface area contributed by atoms with Crippen molar-refractivity contribution in [2.24, 2.45) is 10.7 Å². The van der Waals surface area contributed by atoms with Gasteiger partial charge in [0.15, 0.2) is 5.78 Å². The lowest BCUT2D eigenvalue weighted by molar-refractivity contribution is -0.875. The molecule has 1 aromatic rings. The van der Waals surface area contributed by atoms with E-state index >= 15 is 0 Å². The van der Waals surface area contributed by atoms with Crippen molar-refractivity contribution in [2.45, 2.75) is 20.8 Å². The molecule has 0 atom stereocenters. The van der Waals surface area contributed by atoms with Gasteiger partial charge in [-0.3, -0.25) is 4.79 Å². The van der Waals surface area contributed by atoms with Gasteiger partial charge in [-0.05, 0) is 56.7 Å². The summed E-state index contributed by atoms with van der Waals surface area (Å²) in [4.78, 5) is 16.0. The third-order valence-electron chi connectivity index (χ3n) is 4.44. The highest BCUT2D eigenvalue weighted by atomic mass is 16.5. The number of rotatable bonds is 7. The Balaban J connectivity index is 2.00. The van der Waals surface area contributed by atoms with E-state index in [0.717, 1.165) is 11.4 Å². The molecule has 0 heterocycles. The molecule has 0 amide bonds. The number of anilines is 1. The molecule has 1 aliphatic carbocycles. The molecule has 0 aromatic heterocycles. The van der Waals surface area contributed by atoms with Gasteiger partial charge in [-0.15, -0.1) is 0 Å². The van der Waals surface area contributed by atoms with E-state index in [1.807, 2.05) is 38.1 Å². The van der Waals surface area contributed by atoms with Gasteiger partial charge in [0.1, 0.15) is 0 Å². The van der Waals surface area contributed by atoms with Crippen LogP contribution in [0.1, 0.15) is 20.8 Å². The highest BCUT2D eigenvalue weighted by Gasteiger charge is 2.13. The van der Waals surface area contributed by atoms with Crippen LogP contribution >= 0.6 is 0 Å². The number of benzene rings is 1. The summed E-state index contributed by atoms with van der Waals surface area (Å²) >= 11 is 0. The molecular formula is C19H26N4O2. The van der Waals surface area contributed by atoms with Gasteiger partial charge in [0.2, 0.25) is 0 Å². The summed E-state index contributed by atoms with van der Waals surface area (Å²) in [5, 5.41) is 15.5. The Hall–Kier alpha value is -2.44. The fraction of sp³-hybridized carbons (Fsp3) is 0.368. The molecule has 3 N–H and O–H groups in total. The van der Waals surface area contributed by atoms with Crippen LogP contribution in [0, 0.1) is 5.21 Å². The second kappa shape index (κ2) is 8.09. The second-order valence-electron chi connectivity index (χ2n) is 6.18. The molecule has 0 fully saturated rings. The van der Waals surface area contributed by atoms with Crippen molar-refractivity contribution in [1.29, 1.82) is 0 Å². The number of hydrogen-bond donors (Lipinski definition) is 2. The van der Waals surface area contributed by atoms with E-state index in [0.29, 0.717) is 43.2 Å². The molecule has 0 unspecified atom stereocenters. The number of likely N-dealkylation sites (N-methyl/N-ethyl adjacent to an activating group) is 1. The highest BCUT2D eigenvalue weighted by molar-refractivity contribution is 6.21. The summed E-state index contributed by atoms with van der Waals surface area (Å²) in [5.41, 5.74) is 9.15. The maximum atomic E-state index is 12.2. The van der Waals surface area contributed by atoms with Gasteiger partial charge in [0, 0.05) is 11.8 Å². The number of carbonyl (C=O) groups is 1. The predicted octanol–water partition coefficient (Wildman–Crippen LogP) is 2.90. The van der Waals surface area contributed by atoms with E-state index in [2.05, 4.69) is 10.3 Å². The predicted molar refractivity (Wildman–Crippen MR) is 103 cm³/mol. The van der Waals surface area contributed by atoms with Gasteiger partial charge in [-0.25, -0.2) is 4.99 Å². The van der Waals surface area contributed by atoms with Gasteiger partial charge >= 0.3 is 0 Å². The van der Waals surface area contributed by atoms with Crippen molar-refractivity contribution < 1.29 is 9.44 Å². The summed E-state index contributed by atoms with van der Waals surface area (Å²) in [6.45, 7) is 7.90. The standard InChI is InChI=1S/C19H26N4O2/c1-4-23(25,5-2)11-10-21-15-6-8-16(9-7-15)22-18-12-14(3)19(24)13-17(18)20/h6-9,12-13,21H,4-5,10-11,20H2,1-3H3. The minimum absolute atomic E-state index is 0.0805. The monoisotopic (exact) mass is 342 g/mol. The fourth-order valence-corrected chi connectivity index (χ4v) is 2.52. The third kappa shape index (κ3) is 5.01. The van der Waals surface area contributed by atoms with Crippen LogP contribution in [0.5, 0.6) is 0 Å². The van der Waals surface area contributed by atoms with E-state index in [1.54, 1.807) is 13.0 Å². The number of carbonyl (C=O) groups excluding carboxylic acids is 1. The molecule has 0 spiro atoms. The zero-order chi connectivity index (χ0) is 18.4. The second-order valence-corrected chi connectivity index (χ2v) is 6.18. The molecule has 0 radical (unpaired) electrons. The van der Waals surface area contributed by atoms with Crippen LogP contribution in [0.2, 0.25) is 0 Å². The van der Waals surface area contributed by atoms with E-state index in [1.165, 1.54) is 6.08 Å². The van der Waals surface area contributed by atoms with Crippen LogP contribution < -0.4 is 11.1 Å². The lowest BCUT2D eigenvalue weighted by Gasteiger charge is -2.41. The first-order chi connectivity index (χ1) is 11.9. The quantitative estimate of drug-likeness (QED) is 0.453. The molecule has 0 saturated heterocycles. The smallest absolute Gasteiger partial charge is 0.183 e. The van der Waals surface area contributed by atoms with Crippen molar-refractivity contribution >= 4 is 22.9 Å². The first-order valence-electron chi connectivity index (χ1n) is 8.57. The topological polar surface area (TPSA) is 90.5 Å². The lowest BCUT2D eigenvalue weighted by Crippen LogP contribution is -2.44. The largest absolute Gasteiger partial charge is 0.633 e. The Kier molecular flexibility index (Phi) is 6.12. The summed E-state index contributed by atoms with van der Waals surface area (Å²) in [7, 11) is 0. The first kappa shape index (κ1) is 18.9. The summed E-state index contributed by atoms with van der Waals surface area (Å²) < 4.78 is -0.186. The van der Waals surface area contributed by atoms with E-state index in [9.17, 15) is 10.0 Å². The van der Waals surface area contributed by atoms with Crippen LogP contribution in [0.4, 0.5) is 11.4 Å². The molecule has 25 heavy (non-hydrogen) atoms. The number of hydroxylamine groups is 3. The Morgan fingerprint density at radius 1 is 1.16 bits per heavy atom. The lowest BCUT2D eigenvalue weighted by atomic mass is 10.0.